The van der Waals surface area contributed by atoms with Crippen LogP contribution in [-0.2, 0) is 11.3 Å². The van der Waals surface area contributed by atoms with E-state index in [0.717, 1.165) is 31.6 Å². The maximum Gasteiger partial charge on any atom is 0.408 e. The highest BCUT2D eigenvalue weighted by atomic mass is 32.1. The smallest absolute Gasteiger partial charge is 0.408 e. The third-order valence-corrected chi connectivity index (χ3v) is 4.36. The van der Waals surface area contributed by atoms with E-state index in [4.69, 9.17) is 4.74 Å². The van der Waals surface area contributed by atoms with Crippen LogP contribution in [0.3, 0.4) is 0 Å². The van der Waals surface area contributed by atoms with Crippen LogP contribution < -0.4 is 5.32 Å². The molecule has 0 bridgehead atoms. The number of hydrogen-bond donors (Lipinski definition) is 1. The number of ether oxygens (including phenoxy) is 1. The number of nitrogens with zero attached hydrogens (tertiary/aromatic N) is 2. The van der Waals surface area contributed by atoms with E-state index in [0.29, 0.717) is 9.88 Å². The number of alkyl carbamates (subject to hydrolysis) is 1. The monoisotopic (exact) mass is 325 g/mol. The first-order valence-electron chi connectivity index (χ1n) is 7.49. The summed E-state index contributed by atoms with van der Waals surface area (Å²) in [5.41, 5.74) is 0.197. The van der Waals surface area contributed by atoms with Crippen molar-refractivity contribution in [3.05, 3.63) is 15.6 Å². The number of thiazole rings is 1. The van der Waals surface area contributed by atoms with E-state index in [1.807, 2.05) is 32.6 Å². The van der Waals surface area contributed by atoms with E-state index >= 15 is 0 Å². The van der Waals surface area contributed by atoms with Crippen LogP contribution in [0, 0.1) is 6.92 Å². The summed E-state index contributed by atoms with van der Waals surface area (Å²) in [6, 6.07) is 0. The number of likely N-dealkylation sites (tertiary alicyclic amines) is 1. The van der Waals surface area contributed by atoms with Gasteiger partial charge < -0.3 is 15.0 Å². The van der Waals surface area contributed by atoms with Crippen LogP contribution in [-0.4, -0.2) is 40.6 Å². The van der Waals surface area contributed by atoms with Crippen LogP contribution in [0.1, 0.15) is 54.0 Å². The molecule has 1 fully saturated rings. The Hall–Kier alpha value is -1.63. The van der Waals surface area contributed by atoms with Crippen molar-refractivity contribution >= 4 is 23.3 Å². The average molecular weight is 325 g/mol. The molecule has 22 heavy (non-hydrogen) atoms. The number of aromatic nitrogens is 1. The highest BCUT2D eigenvalue weighted by Gasteiger charge is 2.24. The van der Waals surface area contributed by atoms with Gasteiger partial charge in [0.05, 0.1) is 12.2 Å². The van der Waals surface area contributed by atoms with Gasteiger partial charge in [-0.2, -0.15) is 0 Å². The second-order valence-electron chi connectivity index (χ2n) is 6.38. The molecule has 1 aromatic rings. The molecule has 122 valence electrons. The van der Waals surface area contributed by atoms with Crippen LogP contribution >= 0.6 is 11.3 Å². The van der Waals surface area contributed by atoms with E-state index in [1.165, 1.54) is 11.3 Å². The quantitative estimate of drug-likeness (QED) is 0.927. The Bertz CT molecular complexity index is 557. The normalized spacial score (nSPS) is 15.0. The summed E-state index contributed by atoms with van der Waals surface area (Å²) < 4.78 is 5.18. The fraction of sp³-hybridized carbons (Fsp3) is 0.667. The van der Waals surface area contributed by atoms with Gasteiger partial charge in [-0.15, -0.1) is 11.3 Å². The van der Waals surface area contributed by atoms with Crippen molar-refractivity contribution in [2.45, 2.75) is 52.7 Å². The Labute approximate surface area is 134 Å². The van der Waals surface area contributed by atoms with Crippen molar-refractivity contribution in [1.82, 2.24) is 15.2 Å². The van der Waals surface area contributed by atoms with Gasteiger partial charge in [-0.3, -0.25) is 4.79 Å². The Morgan fingerprint density at radius 1 is 1.32 bits per heavy atom. The van der Waals surface area contributed by atoms with Gasteiger partial charge in [-0.25, -0.2) is 9.78 Å². The molecule has 7 heteroatoms. The average Bonchev–Trinajstić information content (AvgIpc) is 3.03. The van der Waals surface area contributed by atoms with Crippen molar-refractivity contribution in [2.24, 2.45) is 0 Å². The highest BCUT2D eigenvalue weighted by Crippen LogP contribution is 2.22. The molecule has 0 radical (unpaired) electrons. The lowest BCUT2D eigenvalue weighted by molar-refractivity contribution is 0.0523. The molecule has 6 nitrogen and oxygen atoms in total. The van der Waals surface area contributed by atoms with Gasteiger partial charge in [-0.05, 0) is 40.5 Å². The summed E-state index contributed by atoms with van der Waals surface area (Å²) in [6.07, 6.45) is 1.65. The third-order valence-electron chi connectivity index (χ3n) is 3.21. The van der Waals surface area contributed by atoms with Gasteiger partial charge in [0.2, 0.25) is 0 Å². The molecule has 1 aromatic heterocycles. The molecule has 0 saturated carbocycles. The summed E-state index contributed by atoms with van der Waals surface area (Å²) in [4.78, 5) is 30.9. The third kappa shape index (κ3) is 4.43. The summed E-state index contributed by atoms with van der Waals surface area (Å²) in [5, 5.41) is 3.38. The molecule has 0 spiro atoms. The standard InChI is InChI=1S/C15H23N3O3S/c1-10-12(13(19)18-7-5-6-8-18)22-11(17-10)9-16-14(20)21-15(2,3)4/h5-9H2,1-4H3,(H,16,20). The molecule has 1 saturated heterocycles. The number of aryl methyl sites for hydroxylation is 1. The molecule has 0 aromatic carbocycles. The first-order valence-corrected chi connectivity index (χ1v) is 8.30. The van der Waals surface area contributed by atoms with Crippen molar-refractivity contribution in [1.29, 1.82) is 0 Å². The molecular weight excluding hydrogens is 302 g/mol. The number of carbonyl (C=O) groups is 2. The SMILES string of the molecule is Cc1nc(CNC(=O)OC(C)(C)C)sc1C(=O)N1CCCC1. The van der Waals surface area contributed by atoms with E-state index in [-0.39, 0.29) is 12.5 Å². The Morgan fingerprint density at radius 3 is 2.55 bits per heavy atom. The second-order valence-corrected chi connectivity index (χ2v) is 7.46. The van der Waals surface area contributed by atoms with E-state index in [2.05, 4.69) is 10.3 Å². The molecule has 2 amide bonds. The maximum absolute atomic E-state index is 12.4. The van der Waals surface area contributed by atoms with Gasteiger partial charge in [0.15, 0.2) is 0 Å². The van der Waals surface area contributed by atoms with Crippen LogP contribution in [0.4, 0.5) is 4.79 Å². The zero-order chi connectivity index (χ0) is 16.3. The molecule has 0 aliphatic carbocycles. The maximum atomic E-state index is 12.4. The van der Waals surface area contributed by atoms with Crippen LogP contribution in [0.5, 0.6) is 0 Å². The minimum Gasteiger partial charge on any atom is -0.444 e. The summed E-state index contributed by atoms with van der Waals surface area (Å²) >= 11 is 1.34. The van der Waals surface area contributed by atoms with Crippen molar-refractivity contribution in [3.8, 4) is 0 Å². The number of hydrogen-bond acceptors (Lipinski definition) is 5. The Morgan fingerprint density at radius 2 is 1.95 bits per heavy atom. The first kappa shape index (κ1) is 16.7. The minimum absolute atomic E-state index is 0.0519. The number of nitrogens with one attached hydrogen (secondary N) is 1. The molecule has 1 aliphatic rings. The minimum atomic E-state index is -0.528. The second kappa shape index (κ2) is 6.64. The van der Waals surface area contributed by atoms with Gasteiger partial charge in [0, 0.05) is 13.1 Å². The lowest BCUT2D eigenvalue weighted by atomic mass is 10.2. The molecule has 2 heterocycles. The fourth-order valence-electron chi connectivity index (χ4n) is 2.25. The molecule has 1 N–H and O–H groups in total. The van der Waals surface area contributed by atoms with Crippen molar-refractivity contribution in [2.75, 3.05) is 13.1 Å². The Kier molecular flexibility index (Phi) is 5.05. The Balaban J connectivity index is 1.95. The summed E-state index contributed by atoms with van der Waals surface area (Å²) in [6.45, 7) is 9.18. The van der Waals surface area contributed by atoms with Gasteiger partial charge >= 0.3 is 6.09 Å². The van der Waals surface area contributed by atoms with Crippen LogP contribution in [0.2, 0.25) is 0 Å². The molecule has 0 atom stereocenters. The zero-order valence-corrected chi connectivity index (χ0v) is 14.4. The molecule has 1 aliphatic heterocycles. The van der Waals surface area contributed by atoms with Crippen molar-refractivity contribution < 1.29 is 14.3 Å². The topological polar surface area (TPSA) is 71.5 Å². The summed E-state index contributed by atoms with van der Waals surface area (Å²) in [7, 11) is 0. The number of amides is 2. The van der Waals surface area contributed by atoms with E-state index in [1.54, 1.807) is 0 Å². The van der Waals surface area contributed by atoms with Gasteiger partial charge in [-0.1, -0.05) is 0 Å². The molecule has 2 rings (SSSR count). The van der Waals surface area contributed by atoms with Crippen LogP contribution in [0.15, 0.2) is 0 Å². The van der Waals surface area contributed by atoms with E-state index < -0.39 is 11.7 Å². The first-order chi connectivity index (χ1) is 10.3. The van der Waals surface area contributed by atoms with Crippen molar-refractivity contribution in [3.63, 3.8) is 0 Å². The van der Waals surface area contributed by atoms with Crippen LogP contribution in [0.25, 0.3) is 0 Å². The molecular formula is C15H23N3O3S. The highest BCUT2D eigenvalue weighted by molar-refractivity contribution is 7.13. The largest absolute Gasteiger partial charge is 0.444 e. The van der Waals surface area contributed by atoms with E-state index in [9.17, 15) is 9.59 Å². The lowest BCUT2D eigenvalue weighted by Crippen LogP contribution is -2.32. The van der Waals surface area contributed by atoms with Gasteiger partial charge in [0.25, 0.3) is 5.91 Å². The summed E-state index contributed by atoms with van der Waals surface area (Å²) in [5.74, 6) is 0.0519. The number of carbonyl (C=O) groups excluding carboxylic acids is 2. The lowest BCUT2D eigenvalue weighted by Gasteiger charge is -2.19. The zero-order valence-electron chi connectivity index (χ0n) is 13.6. The van der Waals surface area contributed by atoms with Gasteiger partial charge in [0.1, 0.15) is 15.5 Å². The fourth-order valence-corrected chi connectivity index (χ4v) is 3.22. The predicted molar refractivity (Wildman–Crippen MR) is 85.1 cm³/mol. The number of rotatable bonds is 3. The predicted octanol–water partition coefficient (Wildman–Crippen LogP) is 2.71. The molecule has 0 unspecified atom stereocenters.